The average Bonchev–Trinajstić information content (AvgIpc) is 3.24. The van der Waals surface area contributed by atoms with Crippen molar-refractivity contribution in [2.45, 2.75) is 13.3 Å². The lowest BCUT2D eigenvalue weighted by Crippen LogP contribution is -2.33. The molecule has 0 fully saturated rings. The van der Waals surface area contributed by atoms with Crippen LogP contribution in [0.1, 0.15) is 45.2 Å². The SMILES string of the molecule is CCCN(c1ccc(NC)c2c1C(=O)c1ccccc1C2=O)n1ccnc1. The van der Waals surface area contributed by atoms with Crippen molar-refractivity contribution in [2.75, 3.05) is 23.9 Å². The summed E-state index contributed by atoms with van der Waals surface area (Å²) in [4.78, 5) is 30.7. The number of carbonyl (C=O) groups excluding carboxylic acids is 2. The maximum Gasteiger partial charge on any atom is 0.196 e. The fourth-order valence-corrected chi connectivity index (χ4v) is 3.60. The van der Waals surface area contributed by atoms with Gasteiger partial charge in [-0.05, 0) is 18.6 Å². The molecule has 6 nitrogen and oxygen atoms in total. The molecule has 1 N–H and O–H groups in total. The van der Waals surface area contributed by atoms with Crippen molar-refractivity contribution in [3.63, 3.8) is 0 Å². The Kier molecular flexibility index (Phi) is 4.24. The molecule has 4 rings (SSSR count). The van der Waals surface area contributed by atoms with Gasteiger partial charge in [0.2, 0.25) is 0 Å². The van der Waals surface area contributed by atoms with Gasteiger partial charge in [-0.25, -0.2) is 9.66 Å². The van der Waals surface area contributed by atoms with E-state index in [9.17, 15) is 9.59 Å². The standard InChI is InChI=1S/C21H20N4O2/c1-3-11-25(24-12-10-23-13-24)17-9-8-16(22-2)18-19(17)21(27)15-7-5-4-6-14(15)20(18)26/h4-10,12-13,22H,3,11H2,1-2H3. The number of anilines is 2. The molecule has 0 amide bonds. The van der Waals surface area contributed by atoms with Crippen LogP contribution in [0.5, 0.6) is 0 Å². The van der Waals surface area contributed by atoms with Crippen LogP contribution in [0.3, 0.4) is 0 Å². The van der Waals surface area contributed by atoms with Crippen molar-refractivity contribution in [3.05, 3.63) is 77.4 Å². The van der Waals surface area contributed by atoms with Crippen LogP contribution < -0.4 is 10.3 Å². The van der Waals surface area contributed by atoms with Crippen LogP contribution in [0.4, 0.5) is 11.4 Å². The monoisotopic (exact) mass is 360 g/mol. The highest BCUT2D eigenvalue weighted by Crippen LogP contribution is 2.38. The second-order valence-corrected chi connectivity index (χ2v) is 6.40. The second kappa shape index (κ2) is 6.72. The summed E-state index contributed by atoms with van der Waals surface area (Å²) in [5.74, 6) is -0.262. The molecule has 0 radical (unpaired) electrons. The van der Waals surface area contributed by atoms with Crippen LogP contribution in [0.2, 0.25) is 0 Å². The van der Waals surface area contributed by atoms with Crippen molar-refractivity contribution in [2.24, 2.45) is 0 Å². The van der Waals surface area contributed by atoms with E-state index in [4.69, 9.17) is 0 Å². The number of hydrogen-bond donors (Lipinski definition) is 1. The van der Waals surface area contributed by atoms with Crippen molar-refractivity contribution in [1.82, 2.24) is 9.66 Å². The Hall–Kier alpha value is -3.41. The number of benzene rings is 2. The van der Waals surface area contributed by atoms with Crippen LogP contribution in [0, 0.1) is 0 Å². The quantitative estimate of drug-likeness (QED) is 0.591. The summed E-state index contributed by atoms with van der Waals surface area (Å²) in [6, 6.07) is 10.7. The minimum atomic E-state index is -0.131. The zero-order chi connectivity index (χ0) is 19.0. The van der Waals surface area contributed by atoms with Crippen LogP contribution in [0.25, 0.3) is 0 Å². The molecule has 1 aliphatic rings. The Labute approximate surface area is 157 Å². The van der Waals surface area contributed by atoms with E-state index in [1.54, 1.807) is 43.8 Å². The van der Waals surface area contributed by atoms with Gasteiger partial charge < -0.3 is 5.32 Å². The van der Waals surface area contributed by atoms with Crippen LogP contribution >= 0.6 is 0 Å². The molecule has 0 atom stereocenters. The Morgan fingerprint density at radius 3 is 2.33 bits per heavy atom. The van der Waals surface area contributed by atoms with Crippen molar-refractivity contribution in [1.29, 1.82) is 0 Å². The van der Waals surface area contributed by atoms with Gasteiger partial charge in [-0.1, -0.05) is 31.2 Å². The number of fused-ring (bicyclic) bond motifs is 2. The maximum atomic E-state index is 13.4. The van der Waals surface area contributed by atoms with E-state index in [1.807, 2.05) is 28.0 Å². The number of imidazole rings is 1. The van der Waals surface area contributed by atoms with Crippen molar-refractivity contribution in [3.8, 4) is 0 Å². The van der Waals surface area contributed by atoms with E-state index < -0.39 is 0 Å². The Balaban J connectivity index is 1.99. The van der Waals surface area contributed by atoms with Gasteiger partial charge in [-0.2, -0.15) is 0 Å². The predicted octanol–water partition coefficient (Wildman–Crippen LogP) is 3.38. The van der Waals surface area contributed by atoms with E-state index in [-0.39, 0.29) is 11.6 Å². The van der Waals surface area contributed by atoms with Crippen molar-refractivity contribution >= 4 is 22.9 Å². The molecule has 0 bridgehead atoms. The number of nitrogens with one attached hydrogen (secondary N) is 1. The topological polar surface area (TPSA) is 67.2 Å². The summed E-state index contributed by atoms with van der Waals surface area (Å²) in [5, 5.41) is 5.04. The lowest BCUT2D eigenvalue weighted by molar-refractivity contribution is 0.0980. The number of ketones is 2. The number of hydrogen-bond acceptors (Lipinski definition) is 5. The zero-order valence-corrected chi connectivity index (χ0v) is 15.3. The first-order chi connectivity index (χ1) is 13.2. The van der Waals surface area contributed by atoms with Gasteiger partial charge in [0.05, 0.1) is 16.8 Å². The summed E-state index contributed by atoms with van der Waals surface area (Å²) >= 11 is 0. The molecule has 136 valence electrons. The van der Waals surface area contributed by atoms with Gasteiger partial charge in [-0.15, -0.1) is 0 Å². The van der Waals surface area contributed by atoms with Crippen molar-refractivity contribution < 1.29 is 9.59 Å². The van der Waals surface area contributed by atoms with Gasteiger partial charge in [-0.3, -0.25) is 14.6 Å². The van der Waals surface area contributed by atoms with Crippen LogP contribution in [-0.4, -0.2) is 34.8 Å². The smallest absolute Gasteiger partial charge is 0.196 e. The van der Waals surface area contributed by atoms with Gasteiger partial charge in [0.1, 0.15) is 6.33 Å². The number of aromatic nitrogens is 2. The van der Waals surface area contributed by atoms with E-state index in [1.165, 1.54) is 0 Å². The fraction of sp³-hybridized carbons (Fsp3) is 0.190. The Morgan fingerprint density at radius 2 is 1.74 bits per heavy atom. The van der Waals surface area contributed by atoms with Crippen LogP contribution in [-0.2, 0) is 0 Å². The third-order valence-corrected chi connectivity index (χ3v) is 4.81. The first-order valence-corrected chi connectivity index (χ1v) is 8.96. The van der Waals surface area contributed by atoms with Crippen LogP contribution in [0.15, 0.2) is 55.1 Å². The minimum Gasteiger partial charge on any atom is -0.388 e. The Morgan fingerprint density at radius 1 is 1.04 bits per heavy atom. The van der Waals surface area contributed by atoms with E-state index in [0.29, 0.717) is 40.2 Å². The molecule has 0 saturated heterocycles. The first-order valence-electron chi connectivity index (χ1n) is 8.96. The van der Waals surface area contributed by atoms with E-state index >= 15 is 0 Å². The third kappa shape index (κ3) is 2.61. The molecular weight excluding hydrogens is 340 g/mol. The van der Waals surface area contributed by atoms with Gasteiger partial charge >= 0.3 is 0 Å². The molecule has 1 aromatic heterocycles. The maximum absolute atomic E-state index is 13.4. The summed E-state index contributed by atoms with van der Waals surface area (Å²) in [5.41, 5.74) is 3.13. The fourth-order valence-electron chi connectivity index (χ4n) is 3.60. The molecule has 1 aliphatic carbocycles. The normalized spacial score (nSPS) is 12.5. The summed E-state index contributed by atoms with van der Waals surface area (Å²) in [6.45, 7) is 2.76. The molecule has 6 heteroatoms. The summed E-state index contributed by atoms with van der Waals surface area (Å²) in [6.07, 6.45) is 6.09. The van der Waals surface area contributed by atoms with Gasteiger partial charge in [0.25, 0.3) is 0 Å². The lowest BCUT2D eigenvalue weighted by Gasteiger charge is -2.30. The lowest BCUT2D eigenvalue weighted by atomic mass is 9.82. The molecular formula is C21H20N4O2. The highest BCUT2D eigenvalue weighted by Gasteiger charge is 2.35. The molecule has 0 saturated carbocycles. The summed E-state index contributed by atoms with van der Waals surface area (Å²) < 4.78 is 1.84. The highest BCUT2D eigenvalue weighted by molar-refractivity contribution is 6.31. The predicted molar refractivity (Wildman–Crippen MR) is 105 cm³/mol. The highest BCUT2D eigenvalue weighted by atomic mass is 16.1. The molecule has 1 heterocycles. The molecule has 0 unspecified atom stereocenters. The minimum absolute atomic E-state index is 0.131. The van der Waals surface area contributed by atoms with Gasteiger partial charge in [0, 0.05) is 42.8 Å². The number of carbonyl (C=O) groups is 2. The Bertz CT molecular complexity index is 1020. The molecule has 0 aliphatic heterocycles. The molecule has 3 aromatic rings. The number of nitrogens with zero attached hydrogens (tertiary/aromatic N) is 3. The molecule has 27 heavy (non-hydrogen) atoms. The van der Waals surface area contributed by atoms with E-state index in [2.05, 4.69) is 17.2 Å². The second-order valence-electron chi connectivity index (χ2n) is 6.40. The summed E-state index contributed by atoms with van der Waals surface area (Å²) in [7, 11) is 1.76. The zero-order valence-electron chi connectivity index (χ0n) is 15.3. The number of rotatable bonds is 5. The molecule has 2 aromatic carbocycles. The third-order valence-electron chi connectivity index (χ3n) is 4.81. The largest absolute Gasteiger partial charge is 0.388 e. The van der Waals surface area contributed by atoms with E-state index in [0.717, 1.165) is 6.42 Å². The van der Waals surface area contributed by atoms with Gasteiger partial charge in [0.15, 0.2) is 11.6 Å². The molecule has 0 spiro atoms. The first kappa shape index (κ1) is 17.0. The average molecular weight is 360 g/mol.